The summed E-state index contributed by atoms with van der Waals surface area (Å²) in [5, 5.41) is 13.7. The van der Waals surface area contributed by atoms with Crippen molar-refractivity contribution in [3.8, 4) is 0 Å². The van der Waals surface area contributed by atoms with Crippen LogP contribution in [0.4, 0.5) is 0 Å². The van der Waals surface area contributed by atoms with Gasteiger partial charge in [0.2, 0.25) is 0 Å². The molecule has 1 aromatic carbocycles. The van der Waals surface area contributed by atoms with E-state index in [1.165, 1.54) is 12.0 Å². The van der Waals surface area contributed by atoms with Gasteiger partial charge in [0.1, 0.15) is 0 Å². The second kappa shape index (κ2) is 5.53. The van der Waals surface area contributed by atoms with Gasteiger partial charge in [0.25, 0.3) is 0 Å². The second-order valence-corrected chi connectivity index (χ2v) is 6.29. The summed E-state index contributed by atoms with van der Waals surface area (Å²) < 4.78 is 2.30. The smallest absolute Gasteiger partial charge is 0.335 e. The minimum atomic E-state index is -0.862. The van der Waals surface area contributed by atoms with Crippen molar-refractivity contribution < 1.29 is 9.90 Å². The lowest BCUT2D eigenvalue weighted by Gasteiger charge is -2.11. The summed E-state index contributed by atoms with van der Waals surface area (Å²) in [6, 6.07) is 5.47. The summed E-state index contributed by atoms with van der Waals surface area (Å²) in [6.07, 6.45) is 3.42. The van der Waals surface area contributed by atoms with Crippen LogP contribution in [-0.4, -0.2) is 28.7 Å². The van der Waals surface area contributed by atoms with Crippen molar-refractivity contribution in [1.29, 1.82) is 0 Å². The molecule has 0 amide bonds. The lowest BCUT2D eigenvalue weighted by atomic mass is 10.0. The Morgan fingerprint density at radius 1 is 1.48 bits per heavy atom. The van der Waals surface area contributed by atoms with E-state index in [9.17, 15) is 9.90 Å². The quantitative estimate of drug-likeness (QED) is 0.908. The highest BCUT2D eigenvalue weighted by atomic mass is 16.4. The first kappa shape index (κ1) is 14.1. The van der Waals surface area contributed by atoms with Crippen molar-refractivity contribution in [1.82, 2.24) is 9.88 Å². The average molecular weight is 286 g/mol. The van der Waals surface area contributed by atoms with Gasteiger partial charge >= 0.3 is 5.97 Å². The molecule has 3 rings (SSSR count). The molecule has 1 saturated heterocycles. The number of fused-ring (bicyclic) bond motifs is 1. The van der Waals surface area contributed by atoms with Crippen LogP contribution in [0.5, 0.6) is 0 Å². The zero-order chi connectivity index (χ0) is 15.0. The first-order valence-corrected chi connectivity index (χ1v) is 7.63. The van der Waals surface area contributed by atoms with Crippen molar-refractivity contribution >= 4 is 16.9 Å². The number of benzene rings is 1. The topological polar surface area (TPSA) is 54.3 Å². The number of hydrogen-bond acceptors (Lipinski definition) is 2. The number of aromatic nitrogens is 1. The molecule has 1 aliphatic heterocycles. The molecule has 1 fully saturated rings. The van der Waals surface area contributed by atoms with E-state index < -0.39 is 5.97 Å². The number of hydrogen-bond donors (Lipinski definition) is 2. The molecule has 1 aliphatic rings. The minimum Gasteiger partial charge on any atom is -0.478 e. The van der Waals surface area contributed by atoms with E-state index in [2.05, 4.69) is 29.9 Å². The highest BCUT2D eigenvalue weighted by Gasteiger charge is 2.18. The maximum Gasteiger partial charge on any atom is 0.335 e. The number of carboxylic acids is 1. The molecule has 0 spiro atoms. The average Bonchev–Trinajstić information content (AvgIpc) is 3.07. The highest BCUT2D eigenvalue weighted by molar-refractivity contribution is 5.95. The van der Waals surface area contributed by atoms with Gasteiger partial charge in [0, 0.05) is 23.6 Å². The predicted octanol–water partition coefficient (Wildman–Crippen LogP) is 3.07. The van der Waals surface area contributed by atoms with E-state index in [1.807, 2.05) is 12.1 Å². The summed E-state index contributed by atoms with van der Waals surface area (Å²) in [6.45, 7) is 7.49. The van der Waals surface area contributed by atoms with E-state index >= 15 is 0 Å². The molecule has 0 unspecified atom stereocenters. The molecule has 2 N–H and O–H groups in total. The highest BCUT2D eigenvalue weighted by Crippen LogP contribution is 2.29. The molecule has 1 aromatic heterocycles. The molecule has 4 heteroatoms. The standard InChI is InChI=1S/C17H22N2O2/c1-11(2)15-10-19(9-12-5-6-18-8-12)16-4-3-13(17(20)21)7-14(15)16/h3-4,7,10-12,18H,5-6,8-9H2,1-2H3,(H,20,21)/t12-/m1/s1. The lowest BCUT2D eigenvalue weighted by Crippen LogP contribution is -2.14. The molecular formula is C17H22N2O2. The molecule has 112 valence electrons. The molecule has 0 saturated carbocycles. The Balaban J connectivity index is 2.05. The number of nitrogens with zero attached hydrogens (tertiary/aromatic N) is 1. The Morgan fingerprint density at radius 2 is 2.29 bits per heavy atom. The van der Waals surface area contributed by atoms with E-state index in [0.717, 1.165) is 30.5 Å². The molecule has 4 nitrogen and oxygen atoms in total. The predicted molar refractivity (Wildman–Crippen MR) is 84.0 cm³/mol. The second-order valence-electron chi connectivity index (χ2n) is 6.29. The van der Waals surface area contributed by atoms with Crippen molar-refractivity contribution in [3.05, 3.63) is 35.5 Å². The molecular weight excluding hydrogens is 264 g/mol. The summed E-state index contributed by atoms with van der Waals surface area (Å²) >= 11 is 0. The van der Waals surface area contributed by atoms with Gasteiger partial charge in [-0.2, -0.15) is 0 Å². The third-order valence-electron chi connectivity index (χ3n) is 4.40. The van der Waals surface area contributed by atoms with Gasteiger partial charge in [-0.3, -0.25) is 0 Å². The molecule has 2 heterocycles. The maximum absolute atomic E-state index is 11.2. The third-order valence-corrected chi connectivity index (χ3v) is 4.40. The van der Waals surface area contributed by atoms with Crippen LogP contribution in [0.1, 0.15) is 42.1 Å². The summed E-state index contributed by atoms with van der Waals surface area (Å²) in [7, 11) is 0. The Labute approximate surface area is 124 Å². The fraction of sp³-hybridized carbons (Fsp3) is 0.471. The Bertz CT molecular complexity index is 667. The fourth-order valence-electron chi connectivity index (χ4n) is 3.22. The molecule has 1 atom stereocenters. The molecule has 0 bridgehead atoms. The number of carbonyl (C=O) groups is 1. The first-order valence-electron chi connectivity index (χ1n) is 7.63. The van der Waals surface area contributed by atoms with Crippen LogP contribution >= 0.6 is 0 Å². The summed E-state index contributed by atoms with van der Waals surface area (Å²) in [5.74, 6) is 0.193. The van der Waals surface area contributed by atoms with E-state index in [-0.39, 0.29) is 0 Å². The van der Waals surface area contributed by atoms with Crippen LogP contribution in [-0.2, 0) is 6.54 Å². The van der Waals surface area contributed by atoms with Gasteiger partial charge in [0.15, 0.2) is 0 Å². The number of nitrogens with one attached hydrogen (secondary N) is 1. The number of rotatable bonds is 4. The molecule has 0 radical (unpaired) electrons. The van der Waals surface area contributed by atoms with Crippen molar-refractivity contribution in [2.75, 3.05) is 13.1 Å². The van der Waals surface area contributed by atoms with Crippen molar-refractivity contribution in [2.24, 2.45) is 5.92 Å². The first-order chi connectivity index (χ1) is 10.1. The van der Waals surface area contributed by atoms with Crippen LogP contribution in [0.3, 0.4) is 0 Å². The Morgan fingerprint density at radius 3 is 2.90 bits per heavy atom. The van der Waals surface area contributed by atoms with Crippen LogP contribution in [0, 0.1) is 5.92 Å². The van der Waals surface area contributed by atoms with Gasteiger partial charge in [-0.15, -0.1) is 0 Å². The van der Waals surface area contributed by atoms with Crippen molar-refractivity contribution in [3.63, 3.8) is 0 Å². The summed E-state index contributed by atoms with van der Waals surface area (Å²) in [5.41, 5.74) is 2.75. The largest absolute Gasteiger partial charge is 0.478 e. The summed E-state index contributed by atoms with van der Waals surface area (Å²) in [4.78, 5) is 11.2. The number of aromatic carboxylic acids is 1. The normalized spacial score (nSPS) is 18.7. The van der Waals surface area contributed by atoms with E-state index in [0.29, 0.717) is 17.4 Å². The van der Waals surface area contributed by atoms with Crippen LogP contribution in [0.2, 0.25) is 0 Å². The minimum absolute atomic E-state index is 0.365. The maximum atomic E-state index is 11.2. The molecule has 21 heavy (non-hydrogen) atoms. The van der Waals surface area contributed by atoms with Gasteiger partial charge in [-0.05, 0) is 55.1 Å². The monoisotopic (exact) mass is 286 g/mol. The van der Waals surface area contributed by atoms with Gasteiger partial charge in [-0.25, -0.2) is 4.79 Å². The molecule has 0 aliphatic carbocycles. The fourth-order valence-corrected chi connectivity index (χ4v) is 3.22. The number of carboxylic acid groups (broad SMARTS) is 1. The van der Waals surface area contributed by atoms with Gasteiger partial charge in [0.05, 0.1) is 5.56 Å². The van der Waals surface area contributed by atoms with Gasteiger partial charge < -0.3 is 15.0 Å². The Hall–Kier alpha value is -1.81. The van der Waals surface area contributed by atoms with E-state index in [1.54, 1.807) is 6.07 Å². The van der Waals surface area contributed by atoms with E-state index in [4.69, 9.17) is 0 Å². The van der Waals surface area contributed by atoms with Crippen molar-refractivity contribution in [2.45, 2.75) is 32.7 Å². The SMILES string of the molecule is CC(C)c1cn(C[C@@H]2CCNC2)c2ccc(C(=O)O)cc12. The third kappa shape index (κ3) is 2.68. The zero-order valence-electron chi connectivity index (χ0n) is 12.6. The Kier molecular flexibility index (Phi) is 3.72. The molecule has 2 aromatic rings. The van der Waals surface area contributed by atoms with Crippen LogP contribution < -0.4 is 5.32 Å². The van der Waals surface area contributed by atoms with Gasteiger partial charge in [-0.1, -0.05) is 13.8 Å². The van der Waals surface area contributed by atoms with Crippen LogP contribution in [0.25, 0.3) is 10.9 Å². The lowest BCUT2D eigenvalue weighted by molar-refractivity contribution is 0.0697. The van der Waals surface area contributed by atoms with Crippen LogP contribution in [0.15, 0.2) is 24.4 Å². The zero-order valence-corrected chi connectivity index (χ0v) is 12.6.